The van der Waals surface area contributed by atoms with Gasteiger partial charge in [-0.25, -0.2) is 0 Å². The zero-order chi connectivity index (χ0) is 21.2. The highest BCUT2D eigenvalue weighted by atomic mass is 127. The summed E-state index contributed by atoms with van der Waals surface area (Å²) in [5.41, 5.74) is 7.15. The number of nitrogens with one attached hydrogen (secondary N) is 3. The molecule has 0 saturated carbocycles. The fourth-order valence-corrected chi connectivity index (χ4v) is 3.00. The van der Waals surface area contributed by atoms with Gasteiger partial charge in [-0.15, -0.1) is 0 Å². The number of rotatable bonds is 9. The van der Waals surface area contributed by atoms with E-state index in [2.05, 4.69) is 38.5 Å². The van der Waals surface area contributed by atoms with Crippen LogP contribution < -0.4 is 21.7 Å². The standard InChI is InChI=1S/C21H25IN4O3/c1-14(25-19(27)12-23)20(28)26-18(11-15-5-3-2-4-6-15)21(29)24-13-16-7-9-17(22)10-8-16/h2-10,14,18H,11-13,23H2,1H3,(H,24,29)(H,25,27)(H,26,28)/t14-,18+/m1/s1. The molecule has 154 valence electrons. The van der Waals surface area contributed by atoms with E-state index < -0.39 is 23.9 Å². The Kier molecular flexibility index (Phi) is 9.07. The van der Waals surface area contributed by atoms with Crippen LogP contribution in [0.15, 0.2) is 54.6 Å². The van der Waals surface area contributed by atoms with Crippen molar-refractivity contribution in [1.29, 1.82) is 0 Å². The van der Waals surface area contributed by atoms with E-state index in [9.17, 15) is 14.4 Å². The zero-order valence-electron chi connectivity index (χ0n) is 16.2. The Balaban J connectivity index is 2.04. The van der Waals surface area contributed by atoms with Gasteiger partial charge in [-0.1, -0.05) is 42.5 Å². The summed E-state index contributed by atoms with van der Waals surface area (Å²) in [6, 6.07) is 15.7. The lowest BCUT2D eigenvalue weighted by atomic mass is 10.0. The molecule has 0 fully saturated rings. The van der Waals surface area contributed by atoms with E-state index in [1.54, 1.807) is 6.92 Å². The highest BCUT2D eigenvalue weighted by Crippen LogP contribution is 2.08. The van der Waals surface area contributed by atoms with E-state index in [0.29, 0.717) is 13.0 Å². The van der Waals surface area contributed by atoms with Crippen LogP contribution in [0.2, 0.25) is 0 Å². The molecule has 2 aromatic rings. The van der Waals surface area contributed by atoms with Gasteiger partial charge in [-0.2, -0.15) is 0 Å². The first-order valence-corrected chi connectivity index (χ1v) is 10.3. The SMILES string of the molecule is C[C@@H](NC(=O)CN)C(=O)N[C@@H](Cc1ccccc1)C(=O)NCc1ccc(I)cc1. The molecule has 0 radical (unpaired) electrons. The molecule has 3 amide bonds. The fourth-order valence-electron chi connectivity index (χ4n) is 2.64. The zero-order valence-corrected chi connectivity index (χ0v) is 18.3. The molecule has 29 heavy (non-hydrogen) atoms. The van der Waals surface area contributed by atoms with Crippen LogP contribution in [0.25, 0.3) is 0 Å². The van der Waals surface area contributed by atoms with E-state index in [1.807, 2.05) is 54.6 Å². The predicted molar refractivity (Wildman–Crippen MR) is 120 cm³/mol. The maximum absolute atomic E-state index is 12.8. The lowest BCUT2D eigenvalue weighted by Gasteiger charge is -2.21. The molecule has 0 aliphatic carbocycles. The smallest absolute Gasteiger partial charge is 0.243 e. The van der Waals surface area contributed by atoms with Crippen molar-refractivity contribution in [3.8, 4) is 0 Å². The molecule has 0 spiro atoms. The molecule has 0 aromatic heterocycles. The molecular weight excluding hydrogens is 483 g/mol. The molecule has 0 aliphatic rings. The predicted octanol–water partition coefficient (Wildman–Crippen LogP) is 1.10. The van der Waals surface area contributed by atoms with Gasteiger partial charge in [0, 0.05) is 16.5 Å². The Bertz CT molecular complexity index is 828. The second-order valence-electron chi connectivity index (χ2n) is 6.59. The second-order valence-corrected chi connectivity index (χ2v) is 7.83. The summed E-state index contributed by atoms with van der Waals surface area (Å²) >= 11 is 2.22. The summed E-state index contributed by atoms with van der Waals surface area (Å²) in [6.07, 6.45) is 0.336. The molecule has 0 heterocycles. The number of hydrogen-bond acceptors (Lipinski definition) is 4. The van der Waals surface area contributed by atoms with Gasteiger partial charge in [0.15, 0.2) is 0 Å². The minimum absolute atomic E-state index is 0.207. The molecular formula is C21H25IN4O3. The van der Waals surface area contributed by atoms with Gasteiger partial charge in [0.2, 0.25) is 17.7 Å². The first-order chi connectivity index (χ1) is 13.9. The molecule has 2 aromatic carbocycles. The molecule has 8 heteroatoms. The average Bonchev–Trinajstić information content (AvgIpc) is 2.73. The molecule has 0 unspecified atom stereocenters. The van der Waals surface area contributed by atoms with Crippen LogP contribution >= 0.6 is 22.6 Å². The Morgan fingerprint density at radius 3 is 2.21 bits per heavy atom. The summed E-state index contributed by atoms with van der Waals surface area (Å²) in [4.78, 5) is 36.7. The van der Waals surface area contributed by atoms with Crippen molar-refractivity contribution in [3.05, 3.63) is 69.3 Å². The van der Waals surface area contributed by atoms with Crippen molar-refractivity contribution in [1.82, 2.24) is 16.0 Å². The van der Waals surface area contributed by atoms with Gasteiger partial charge in [-0.3, -0.25) is 14.4 Å². The molecule has 0 aliphatic heterocycles. The molecule has 0 bridgehead atoms. The summed E-state index contributed by atoms with van der Waals surface area (Å²) in [7, 11) is 0. The van der Waals surface area contributed by atoms with Gasteiger partial charge < -0.3 is 21.7 Å². The van der Waals surface area contributed by atoms with Crippen LogP contribution in [0.5, 0.6) is 0 Å². The molecule has 7 nitrogen and oxygen atoms in total. The lowest BCUT2D eigenvalue weighted by molar-refractivity contribution is -0.131. The van der Waals surface area contributed by atoms with Gasteiger partial charge in [0.05, 0.1) is 6.54 Å². The third kappa shape index (κ3) is 7.82. The van der Waals surface area contributed by atoms with E-state index in [1.165, 1.54) is 0 Å². The van der Waals surface area contributed by atoms with E-state index in [-0.39, 0.29) is 12.5 Å². The highest BCUT2D eigenvalue weighted by molar-refractivity contribution is 14.1. The van der Waals surface area contributed by atoms with Crippen molar-refractivity contribution in [3.63, 3.8) is 0 Å². The van der Waals surface area contributed by atoms with Crippen LogP contribution in [0.3, 0.4) is 0 Å². The number of nitrogens with two attached hydrogens (primary N) is 1. The highest BCUT2D eigenvalue weighted by Gasteiger charge is 2.24. The quantitative estimate of drug-likeness (QED) is 0.380. The third-order valence-electron chi connectivity index (χ3n) is 4.25. The van der Waals surface area contributed by atoms with Crippen LogP contribution in [-0.4, -0.2) is 36.3 Å². The Labute approximate surface area is 184 Å². The summed E-state index contributed by atoms with van der Waals surface area (Å²) in [5.74, 6) is -1.18. The summed E-state index contributed by atoms with van der Waals surface area (Å²) < 4.78 is 1.11. The summed E-state index contributed by atoms with van der Waals surface area (Å²) in [5, 5.41) is 8.10. The Morgan fingerprint density at radius 2 is 1.59 bits per heavy atom. The van der Waals surface area contributed by atoms with Crippen molar-refractivity contribution < 1.29 is 14.4 Å². The van der Waals surface area contributed by atoms with Crippen molar-refractivity contribution in [2.45, 2.75) is 32.0 Å². The van der Waals surface area contributed by atoms with Crippen molar-refractivity contribution in [2.24, 2.45) is 5.73 Å². The maximum Gasteiger partial charge on any atom is 0.243 e. The van der Waals surface area contributed by atoms with Crippen molar-refractivity contribution >= 4 is 40.3 Å². The van der Waals surface area contributed by atoms with Gasteiger partial charge in [0.1, 0.15) is 12.1 Å². The van der Waals surface area contributed by atoms with Crippen molar-refractivity contribution in [2.75, 3.05) is 6.54 Å². The first-order valence-electron chi connectivity index (χ1n) is 9.25. The van der Waals surface area contributed by atoms with Gasteiger partial charge in [-0.05, 0) is 52.8 Å². The van der Waals surface area contributed by atoms with E-state index in [4.69, 9.17) is 5.73 Å². The minimum atomic E-state index is -0.798. The van der Waals surface area contributed by atoms with E-state index >= 15 is 0 Å². The van der Waals surface area contributed by atoms with Crippen LogP contribution in [-0.2, 0) is 27.3 Å². The monoisotopic (exact) mass is 508 g/mol. The number of amides is 3. The molecule has 0 saturated heterocycles. The second kappa shape index (κ2) is 11.5. The lowest BCUT2D eigenvalue weighted by Crippen LogP contribution is -2.54. The first kappa shape index (κ1) is 22.8. The number of carbonyl (C=O) groups excluding carboxylic acids is 3. The molecule has 2 rings (SSSR count). The number of benzene rings is 2. The summed E-state index contributed by atoms with van der Waals surface area (Å²) in [6.45, 7) is 1.70. The molecule has 2 atom stereocenters. The van der Waals surface area contributed by atoms with Gasteiger partial charge >= 0.3 is 0 Å². The Hall–Kier alpha value is -2.46. The van der Waals surface area contributed by atoms with Crippen LogP contribution in [0.1, 0.15) is 18.1 Å². The van der Waals surface area contributed by atoms with Gasteiger partial charge in [0.25, 0.3) is 0 Å². The topological polar surface area (TPSA) is 113 Å². The largest absolute Gasteiger partial charge is 0.350 e. The fraction of sp³-hybridized carbons (Fsp3) is 0.286. The average molecular weight is 508 g/mol. The number of carbonyl (C=O) groups is 3. The maximum atomic E-state index is 12.8. The number of hydrogen-bond donors (Lipinski definition) is 4. The number of halogens is 1. The Morgan fingerprint density at radius 1 is 0.931 bits per heavy atom. The van der Waals surface area contributed by atoms with Crippen LogP contribution in [0.4, 0.5) is 0 Å². The normalized spacial score (nSPS) is 12.5. The third-order valence-corrected chi connectivity index (χ3v) is 4.97. The van der Waals surface area contributed by atoms with Crippen LogP contribution in [0, 0.1) is 3.57 Å². The molecule has 5 N–H and O–H groups in total. The minimum Gasteiger partial charge on any atom is -0.350 e. The van der Waals surface area contributed by atoms with E-state index in [0.717, 1.165) is 14.7 Å².